The van der Waals surface area contributed by atoms with E-state index in [0.717, 1.165) is 58.0 Å². The molecule has 0 amide bonds. The zero-order valence-electron chi connectivity index (χ0n) is 18.8. The molecule has 2 rings (SSSR count). The standard InChI is InChI=1S/C25H40O5/c1-3-4-5-12-22(30-25-13-8-9-16-29-25)15-14-19(2)23(20-10-6-7-11-20)17-21(26)18-24(27)28/h10,14-15,19,22-23,25H,3-9,11-13,16-18H2,1-2H3,(H,27,28). The molecule has 0 spiro atoms. The summed E-state index contributed by atoms with van der Waals surface area (Å²) in [7, 11) is 0. The van der Waals surface area contributed by atoms with Gasteiger partial charge in [-0.15, -0.1) is 0 Å². The zero-order chi connectivity index (χ0) is 21.8. The predicted octanol–water partition coefficient (Wildman–Crippen LogP) is 5.83. The quantitative estimate of drug-likeness (QED) is 0.217. The van der Waals surface area contributed by atoms with Gasteiger partial charge in [-0.3, -0.25) is 9.59 Å². The molecular formula is C25H40O5. The number of ether oxygens (including phenoxy) is 2. The average Bonchev–Trinajstić information content (AvgIpc) is 3.25. The number of unbranched alkanes of at least 4 members (excludes halogenated alkanes) is 2. The summed E-state index contributed by atoms with van der Waals surface area (Å²) >= 11 is 0. The Kier molecular flexibility index (Phi) is 11.4. The lowest BCUT2D eigenvalue weighted by molar-refractivity contribution is -0.179. The first-order valence-electron chi connectivity index (χ1n) is 11.9. The summed E-state index contributed by atoms with van der Waals surface area (Å²) in [4.78, 5) is 23.2. The summed E-state index contributed by atoms with van der Waals surface area (Å²) < 4.78 is 12.0. The van der Waals surface area contributed by atoms with Crippen LogP contribution in [-0.2, 0) is 19.1 Å². The molecular weight excluding hydrogens is 380 g/mol. The smallest absolute Gasteiger partial charge is 0.310 e. The maximum atomic E-state index is 12.2. The topological polar surface area (TPSA) is 72.8 Å². The Balaban J connectivity index is 2.02. The van der Waals surface area contributed by atoms with Gasteiger partial charge in [0, 0.05) is 13.0 Å². The van der Waals surface area contributed by atoms with Crippen molar-refractivity contribution in [2.75, 3.05) is 6.61 Å². The van der Waals surface area contributed by atoms with Crippen molar-refractivity contribution in [1.82, 2.24) is 0 Å². The fourth-order valence-corrected chi connectivity index (χ4v) is 4.43. The largest absolute Gasteiger partial charge is 0.481 e. The summed E-state index contributed by atoms with van der Waals surface area (Å²) in [6.07, 6.45) is 17.3. The van der Waals surface area contributed by atoms with Crippen LogP contribution in [0.5, 0.6) is 0 Å². The van der Waals surface area contributed by atoms with Crippen molar-refractivity contribution in [2.45, 2.75) is 103 Å². The lowest BCUT2D eigenvalue weighted by atomic mass is 9.81. The van der Waals surface area contributed by atoms with E-state index >= 15 is 0 Å². The van der Waals surface area contributed by atoms with Crippen LogP contribution in [0.3, 0.4) is 0 Å². The van der Waals surface area contributed by atoms with E-state index in [0.29, 0.717) is 6.42 Å². The van der Waals surface area contributed by atoms with E-state index in [1.54, 1.807) is 0 Å². The molecule has 0 aromatic rings. The second-order valence-electron chi connectivity index (χ2n) is 8.80. The first kappa shape index (κ1) is 24.8. The van der Waals surface area contributed by atoms with Gasteiger partial charge < -0.3 is 14.6 Å². The van der Waals surface area contributed by atoms with E-state index in [4.69, 9.17) is 14.6 Å². The second kappa shape index (κ2) is 13.8. The molecule has 4 unspecified atom stereocenters. The monoisotopic (exact) mass is 420 g/mol. The molecule has 4 atom stereocenters. The highest BCUT2D eigenvalue weighted by Crippen LogP contribution is 2.34. The minimum Gasteiger partial charge on any atom is -0.481 e. The number of allylic oxidation sites excluding steroid dienone is 3. The fraction of sp³-hybridized carbons (Fsp3) is 0.760. The highest BCUT2D eigenvalue weighted by atomic mass is 16.7. The van der Waals surface area contributed by atoms with Gasteiger partial charge >= 0.3 is 5.97 Å². The van der Waals surface area contributed by atoms with Gasteiger partial charge in [0.25, 0.3) is 0 Å². The van der Waals surface area contributed by atoms with Crippen LogP contribution in [0.25, 0.3) is 0 Å². The van der Waals surface area contributed by atoms with Crippen LogP contribution in [0.4, 0.5) is 0 Å². The Morgan fingerprint density at radius 3 is 2.73 bits per heavy atom. The molecule has 0 aromatic heterocycles. The van der Waals surface area contributed by atoms with Crippen molar-refractivity contribution in [3.8, 4) is 0 Å². The third-order valence-corrected chi connectivity index (χ3v) is 6.17. The number of carboxylic acids is 1. The fourth-order valence-electron chi connectivity index (χ4n) is 4.43. The Morgan fingerprint density at radius 2 is 2.10 bits per heavy atom. The van der Waals surface area contributed by atoms with Crippen molar-refractivity contribution in [3.05, 3.63) is 23.8 Å². The highest BCUT2D eigenvalue weighted by molar-refractivity contribution is 5.94. The number of carboxylic acid groups (broad SMARTS) is 1. The summed E-state index contributed by atoms with van der Waals surface area (Å²) in [5.74, 6) is -0.986. The summed E-state index contributed by atoms with van der Waals surface area (Å²) in [5.41, 5.74) is 1.31. The minimum atomic E-state index is -1.04. The Labute approximate surface area is 181 Å². The number of hydrogen-bond acceptors (Lipinski definition) is 4. The van der Waals surface area contributed by atoms with Crippen LogP contribution in [0.1, 0.15) is 90.9 Å². The number of hydrogen-bond donors (Lipinski definition) is 1. The van der Waals surface area contributed by atoms with Crippen LogP contribution in [0.15, 0.2) is 23.8 Å². The van der Waals surface area contributed by atoms with Crippen molar-refractivity contribution >= 4 is 11.8 Å². The van der Waals surface area contributed by atoms with Crippen molar-refractivity contribution in [3.63, 3.8) is 0 Å². The van der Waals surface area contributed by atoms with E-state index in [1.165, 1.54) is 18.4 Å². The highest BCUT2D eigenvalue weighted by Gasteiger charge is 2.26. The first-order valence-corrected chi connectivity index (χ1v) is 11.9. The van der Waals surface area contributed by atoms with Gasteiger partial charge in [0.1, 0.15) is 12.2 Å². The molecule has 5 heteroatoms. The number of Topliss-reactive ketones (excluding diaryl/α,β-unsaturated/α-hetero) is 1. The molecule has 1 fully saturated rings. The Morgan fingerprint density at radius 1 is 1.27 bits per heavy atom. The maximum absolute atomic E-state index is 12.2. The molecule has 1 saturated heterocycles. The van der Waals surface area contributed by atoms with E-state index in [-0.39, 0.29) is 36.4 Å². The molecule has 0 saturated carbocycles. The van der Waals surface area contributed by atoms with Crippen LogP contribution in [0.2, 0.25) is 0 Å². The lowest BCUT2D eigenvalue weighted by Gasteiger charge is -2.27. The molecule has 0 aromatic carbocycles. The van der Waals surface area contributed by atoms with Gasteiger partial charge in [0.2, 0.25) is 0 Å². The third-order valence-electron chi connectivity index (χ3n) is 6.17. The number of rotatable bonds is 14. The van der Waals surface area contributed by atoms with E-state index < -0.39 is 5.97 Å². The van der Waals surface area contributed by atoms with Gasteiger partial charge in [-0.1, -0.05) is 56.9 Å². The number of aliphatic carboxylic acids is 1. The van der Waals surface area contributed by atoms with Gasteiger partial charge in [0.05, 0.1) is 6.10 Å². The molecule has 30 heavy (non-hydrogen) atoms. The molecule has 1 aliphatic heterocycles. The molecule has 0 radical (unpaired) electrons. The van der Waals surface area contributed by atoms with Gasteiger partial charge in [-0.25, -0.2) is 0 Å². The SMILES string of the molecule is CCCCCC(C=CC(C)C(CC(=O)CC(=O)O)C1=CCCC1)OC1CCCCO1. The predicted molar refractivity (Wildman–Crippen MR) is 118 cm³/mol. The zero-order valence-corrected chi connectivity index (χ0v) is 18.8. The summed E-state index contributed by atoms with van der Waals surface area (Å²) in [6, 6.07) is 0. The number of ketones is 1. The van der Waals surface area contributed by atoms with E-state index in [2.05, 4.69) is 32.1 Å². The third kappa shape index (κ3) is 9.13. The molecule has 1 N–H and O–H groups in total. The van der Waals surface area contributed by atoms with Gasteiger partial charge in [-0.2, -0.15) is 0 Å². The van der Waals surface area contributed by atoms with Crippen molar-refractivity contribution in [1.29, 1.82) is 0 Å². The number of carbonyl (C=O) groups excluding carboxylic acids is 1. The maximum Gasteiger partial charge on any atom is 0.310 e. The molecule has 170 valence electrons. The van der Waals surface area contributed by atoms with Crippen LogP contribution in [0, 0.1) is 11.8 Å². The van der Waals surface area contributed by atoms with E-state index in [9.17, 15) is 9.59 Å². The summed E-state index contributed by atoms with van der Waals surface area (Å²) in [6.45, 7) is 5.11. The molecule has 1 aliphatic carbocycles. The second-order valence-corrected chi connectivity index (χ2v) is 8.80. The molecule has 2 aliphatic rings. The first-order chi connectivity index (χ1) is 14.5. The average molecular weight is 421 g/mol. The van der Waals surface area contributed by atoms with Crippen LogP contribution < -0.4 is 0 Å². The lowest BCUT2D eigenvalue weighted by Crippen LogP contribution is -2.27. The summed E-state index contributed by atoms with van der Waals surface area (Å²) in [5, 5.41) is 8.96. The molecule has 5 nitrogen and oxygen atoms in total. The molecule has 1 heterocycles. The van der Waals surface area contributed by atoms with Gasteiger partial charge in [-0.05, 0) is 56.8 Å². The molecule has 0 bridgehead atoms. The normalized spacial score (nSPS) is 22.6. The van der Waals surface area contributed by atoms with Crippen molar-refractivity contribution < 1.29 is 24.2 Å². The van der Waals surface area contributed by atoms with Gasteiger partial charge in [0.15, 0.2) is 6.29 Å². The minimum absolute atomic E-state index is 0.0232. The van der Waals surface area contributed by atoms with E-state index in [1.807, 2.05) is 0 Å². The van der Waals surface area contributed by atoms with Crippen LogP contribution >= 0.6 is 0 Å². The Hall–Kier alpha value is -1.46. The van der Waals surface area contributed by atoms with Crippen molar-refractivity contribution in [2.24, 2.45) is 11.8 Å². The number of carbonyl (C=O) groups is 2. The van der Waals surface area contributed by atoms with Crippen LogP contribution in [-0.4, -0.2) is 35.9 Å². The Bertz CT molecular complexity index is 588.